The van der Waals surface area contributed by atoms with Crippen LogP contribution in [0.3, 0.4) is 0 Å². The number of allylic oxidation sites excluding steroid dienone is 1. The van der Waals surface area contributed by atoms with Gasteiger partial charge in [0.15, 0.2) is 0 Å². The molecular weight excluding hydrogens is 1020 g/mol. The minimum absolute atomic E-state index is 0.856. The Hall–Kier alpha value is -11.3. The van der Waals surface area contributed by atoms with Crippen LogP contribution in [0.25, 0.3) is 154 Å². The average Bonchev–Trinajstić information content (AvgIpc) is 2.18. The molecule has 8 aromatic heterocycles. The van der Waals surface area contributed by atoms with Crippen LogP contribution in [0.15, 0.2) is 261 Å². The van der Waals surface area contributed by atoms with E-state index in [1.807, 2.05) is 0 Å². The number of nitrogens with zero attached hydrogens (tertiary/aromatic N) is 6. The lowest BCUT2D eigenvalue weighted by Gasteiger charge is -2.26. The molecule has 12 aromatic carbocycles. The number of rotatable bonds is 7. The lowest BCUT2D eigenvalue weighted by atomic mass is 10.0. The van der Waals surface area contributed by atoms with Gasteiger partial charge in [-0.3, -0.25) is 0 Å². The van der Waals surface area contributed by atoms with Crippen LogP contribution < -0.4 is 20.4 Å². The maximum absolute atomic E-state index is 4.92. The van der Waals surface area contributed by atoms with Gasteiger partial charge >= 0.3 is 0 Å². The summed E-state index contributed by atoms with van der Waals surface area (Å²) in [5.74, 6) is 0. The van der Waals surface area contributed by atoms with Crippen LogP contribution in [0.2, 0.25) is 0 Å². The fraction of sp³-hybridized carbons (Fsp3) is 0. The first-order valence-corrected chi connectivity index (χ1v) is 28.9. The molecule has 0 bridgehead atoms. The van der Waals surface area contributed by atoms with Crippen molar-refractivity contribution in [1.29, 1.82) is 0 Å². The average molecular weight is 1070 g/mol. The Morgan fingerprint density at radius 2 is 0.643 bits per heavy atom. The van der Waals surface area contributed by atoms with Gasteiger partial charge in [0.25, 0.3) is 0 Å². The number of aromatic nitrogens is 4. The molecule has 0 amide bonds. The van der Waals surface area contributed by atoms with E-state index in [0.29, 0.717) is 0 Å². The van der Waals surface area contributed by atoms with E-state index in [0.717, 1.165) is 55.6 Å². The normalized spacial score (nSPS) is 12.9. The lowest BCUT2D eigenvalue weighted by Crippen LogP contribution is -2.26. The molecule has 8 heterocycles. The molecule has 0 aliphatic rings. The van der Waals surface area contributed by atoms with Crippen molar-refractivity contribution in [3.8, 4) is 0 Å². The summed E-state index contributed by atoms with van der Waals surface area (Å²) in [4.78, 5) is 4.76. The van der Waals surface area contributed by atoms with E-state index in [-0.39, 0.29) is 0 Å². The van der Waals surface area contributed by atoms with Crippen molar-refractivity contribution in [2.24, 2.45) is 0 Å². The molecule has 20 rings (SSSR count). The minimum atomic E-state index is 0.856. The maximum atomic E-state index is 4.92. The maximum Gasteiger partial charge on any atom is 0.0622 e. The van der Waals surface area contributed by atoms with Gasteiger partial charge in [0.1, 0.15) is 0 Å². The Bertz CT molecular complexity index is 6170. The first-order valence-electron chi connectivity index (χ1n) is 28.9. The highest BCUT2D eigenvalue weighted by Crippen LogP contribution is 2.49. The number of anilines is 5. The van der Waals surface area contributed by atoms with Gasteiger partial charge in [0, 0.05) is 125 Å². The number of hydrogen-bond acceptors (Lipinski definition) is 2. The van der Waals surface area contributed by atoms with E-state index in [4.69, 9.17) is 13.2 Å². The topological polar surface area (TPSA) is 24.1 Å². The Balaban J connectivity index is 0.763. The Morgan fingerprint density at radius 3 is 1.17 bits per heavy atom. The monoisotopic (exact) mass is 1070 g/mol. The van der Waals surface area contributed by atoms with Crippen molar-refractivity contribution in [2.45, 2.75) is 0 Å². The van der Waals surface area contributed by atoms with Gasteiger partial charge in [0.05, 0.1) is 60.7 Å². The van der Waals surface area contributed by atoms with Crippen molar-refractivity contribution < 1.29 is 0 Å². The van der Waals surface area contributed by atoms with E-state index in [1.165, 1.54) is 131 Å². The van der Waals surface area contributed by atoms with Crippen molar-refractivity contribution in [3.63, 3.8) is 0 Å². The molecule has 0 saturated carbocycles. The predicted octanol–water partition coefficient (Wildman–Crippen LogP) is 19.1. The highest BCUT2D eigenvalue weighted by molar-refractivity contribution is 6.29. The molecule has 6 heteroatoms. The molecular formula is C78H46N6. The Morgan fingerprint density at radius 1 is 0.274 bits per heavy atom. The lowest BCUT2D eigenvalue weighted by molar-refractivity contribution is 1.21. The number of para-hydroxylation sites is 8. The second kappa shape index (κ2) is 15.8. The third-order valence-electron chi connectivity index (χ3n) is 18.9. The molecule has 0 unspecified atom stereocenters. The molecule has 0 aliphatic carbocycles. The molecule has 0 N–H and O–H groups in total. The summed E-state index contributed by atoms with van der Waals surface area (Å²) in [5, 5.41) is 20.5. The van der Waals surface area contributed by atoms with Crippen LogP contribution in [-0.4, -0.2) is 17.6 Å². The molecule has 20 aromatic rings. The van der Waals surface area contributed by atoms with E-state index in [1.54, 1.807) is 0 Å². The smallest absolute Gasteiger partial charge is 0.0622 e. The standard InChI is InChI=1S/C78H46N6/c1-45(79(47-19-5-3-6-20-47)50-39-64-52-23-9-13-31-68(52)82-69-32-14-10-24-53(69)65(40-50)77(64)82)37-60-46(2)80-73-43-63-59-30-18-28-57-61-38-49(35-36-72(61)84(76(57)59)74(63)44-62(73)58-29-17-27-56(60)75(58)80)81(48-21-7-4-8-22-48)51-41-66-54-25-11-15-33-70(54)83-71-34-16-12-26-55(71)67(42-51)78(66)83/h3-44H,1-2H2/b60-37+. The second-order valence-electron chi connectivity index (χ2n) is 23.0. The number of fused-ring (bicyclic) bond motifs is 21. The zero-order chi connectivity index (χ0) is 54.8. The van der Waals surface area contributed by atoms with E-state index >= 15 is 0 Å². The molecule has 0 atom stereocenters. The summed E-state index contributed by atoms with van der Waals surface area (Å²) >= 11 is 0. The van der Waals surface area contributed by atoms with Crippen LogP contribution >= 0.6 is 0 Å². The highest BCUT2D eigenvalue weighted by atomic mass is 15.2. The van der Waals surface area contributed by atoms with Crippen molar-refractivity contribution >= 4 is 183 Å². The molecule has 0 fully saturated rings. The van der Waals surface area contributed by atoms with Crippen LogP contribution in [0.4, 0.5) is 28.4 Å². The SMILES string of the molecule is C=C(/C=c1\c(=C)n2c3cc4c5cccc6c7cc(N(c8ccccc8)c8cc9c%10ccccc%10n%10c%11ccccc%11c(c8)c9%10)ccc7n(c4cc3c3cccc1c32)c65)N(c1ccccc1)c1cc2c3ccccc3n3c4ccccc4c(c1)c23. The summed E-state index contributed by atoms with van der Waals surface area (Å²) in [6.07, 6.45) is 2.26. The largest absolute Gasteiger partial charge is 0.311 e. The van der Waals surface area contributed by atoms with Gasteiger partial charge in [-0.1, -0.05) is 159 Å². The van der Waals surface area contributed by atoms with E-state index in [9.17, 15) is 0 Å². The Kier molecular flexibility index (Phi) is 8.33. The van der Waals surface area contributed by atoms with Crippen molar-refractivity contribution in [2.75, 3.05) is 9.80 Å². The molecule has 0 aliphatic heterocycles. The van der Waals surface area contributed by atoms with Gasteiger partial charge in [-0.2, -0.15) is 0 Å². The fourth-order valence-electron chi connectivity index (χ4n) is 15.5. The first-order chi connectivity index (χ1) is 41.5. The molecule has 0 radical (unpaired) electrons. The number of benzene rings is 12. The third-order valence-corrected chi connectivity index (χ3v) is 18.9. The van der Waals surface area contributed by atoms with Crippen LogP contribution in [-0.2, 0) is 0 Å². The first kappa shape index (κ1) is 44.4. The van der Waals surface area contributed by atoms with Crippen molar-refractivity contribution in [1.82, 2.24) is 17.6 Å². The molecule has 388 valence electrons. The summed E-state index contributed by atoms with van der Waals surface area (Å²) in [7, 11) is 0. The van der Waals surface area contributed by atoms with Crippen molar-refractivity contribution in [3.05, 3.63) is 272 Å². The van der Waals surface area contributed by atoms with Gasteiger partial charge in [-0.15, -0.1) is 0 Å². The molecule has 84 heavy (non-hydrogen) atoms. The van der Waals surface area contributed by atoms with Crippen LogP contribution in [0.1, 0.15) is 0 Å². The molecule has 6 nitrogen and oxygen atoms in total. The fourth-order valence-corrected chi connectivity index (χ4v) is 15.5. The second-order valence-corrected chi connectivity index (χ2v) is 23.0. The summed E-state index contributed by atoms with van der Waals surface area (Å²) < 4.78 is 9.81. The minimum Gasteiger partial charge on any atom is -0.311 e. The summed E-state index contributed by atoms with van der Waals surface area (Å²) in [6, 6.07) is 91.8. The van der Waals surface area contributed by atoms with Gasteiger partial charge in [-0.25, -0.2) is 0 Å². The summed E-state index contributed by atoms with van der Waals surface area (Å²) in [6.45, 7) is 9.82. The van der Waals surface area contributed by atoms with Crippen LogP contribution in [0.5, 0.6) is 0 Å². The molecule has 0 saturated heterocycles. The number of hydrogen-bond donors (Lipinski definition) is 0. The quantitative estimate of drug-likeness (QED) is 0.159. The predicted molar refractivity (Wildman–Crippen MR) is 356 cm³/mol. The summed E-state index contributed by atoms with van der Waals surface area (Å²) in [5.41, 5.74) is 19.7. The van der Waals surface area contributed by atoms with Gasteiger partial charge < -0.3 is 27.4 Å². The van der Waals surface area contributed by atoms with E-state index < -0.39 is 0 Å². The van der Waals surface area contributed by atoms with Gasteiger partial charge in [0.2, 0.25) is 0 Å². The Labute approximate surface area is 478 Å². The zero-order valence-electron chi connectivity index (χ0n) is 45.3. The zero-order valence-corrected chi connectivity index (χ0v) is 45.3. The third kappa shape index (κ3) is 5.50. The van der Waals surface area contributed by atoms with Gasteiger partial charge in [-0.05, 0) is 109 Å². The molecule has 0 spiro atoms. The van der Waals surface area contributed by atoms with E-state index in [2.05, 4.69) is 282 Å². The van der Waals surface area contributed by atoms with Crippen LogP contribution in [0, 0.1) is 0 Å². The highest BCUT2D eigenvalue weighted by Gasteiger charge is 2.27.